The Balaban J connectivity index is 1.96. The lowest BCUT2D eigenvalue weighted by Crippen LogP contribution is -2.60. The first-order valence-electron chi connectivity index (χ1n) is 8.78. The standard InChI is InChI=1S/C18H23NO10/c1-9(20)19-10-2-4-11(5-3-10)28-18-17(26)16(25)15(24)12(29-18)8-27-14(23)7-6-13(21)22/h2-5,12,15-18,24-26H,6-8H2,1H3,(H,19,20)(H,21,22)/t12-,15-,16+,17+,18+/m1/s1. The summed E-state index contributed by atoms with van der Waals surface area (Å²) < 4.78 is 15.8. The Labute approximate surface area is 165 Å². The molecule has 0 saturated carbocycles. The molecule has 1 heterocycles. The van der Waals surface area contributed by atoms with E-state index in [-0.39, 0.29) is 18.1 Å². The van der Waals surface area contributed by atoms with Crippen LogP contribution in [-0.2, 0) is 23.9 Å². The van der Waals surface area contributed by atoms with E-state index in [1.165, 1.54) is 19.1 Å². The van der Waals surface area contributed by atoms with Gasteiger partial charge in [-0.2, -0.15) is 0 Å². The number of carboxylic acid groups (broad SMARTS) is 1. The van der Waals surface area contributed by atoms with Crippen LogP contribution in [-0.4, -0.2) is 75.6 Å². The van der Waals surface area contributed by atoms with Crippen molar-refractivity contribution in [3.63, 3.8) is 0 Å². The van der Waals surface area contributed by atoms with Crippen LogP contribution in [0.2, 0.25) is 0 Å². The van der Waals surface area contributed by atoms with Crippen LogP contribution in [0.1, 0.15) is 19.8 Å². The fourth-order valence-corrected chi connectivity index (χ4v) is 2.56. The predicted octanol–water partition coefficient (Wildman–Crippen LogP) is -0.761. The van der Waals surface area contributed by atoms with Crippen LogP contribution in [0.3, 0.4) is 0 Å². The highest BCUT2D eigenvalue weighted by molar-refractivity contribution is 5.88. The summed E-state index contributed by atoms with van der Waals surface area (Å²) >= 11 is 0. The smallest absolute Gasteiger partial charge is 0.306 e. The second-order valence-corrected chi connectivity index (χ2v) is 6.41. The summed E-state index contributed by atoms with van der Waals surface area (Å²) in [6, 6.07) is 6.11. The molecule has 1 aliphatic rings. The van der Waals surface area contributed by atoms with Crippen LogP contribution in [0.5, 0.6) is 5.75 Å². The number of anilines is 1. The van der Waals surface area contributed by atoms with E-state index in [0.717, 1.165) is 0 Å². The molecular weight excluding hydrogens is 390 g/mol. The molecule has 5 atom stereocenters. The lowest BCUT2D eigenvalue weighted by Gasteiger charge is -2.39. The van der Waals surface area contributed by atoms with E-state index in [0.29, 0.717) is 5.69 Å². The number of aliphatic hydroxyl groups excluding tert-OH is 3. The van der Waals surface area contributed by atoms with Crippen molar-refractivity contribution in [1.29, 1.82) is 0 Å². The minimum Gasteiger partial charge on any atom is -0.481 e. The third-order valence-electron chi connectivity index (χ3n) is 4.05. The Hall–Kier alpha value is -2.73. The zero-order chi connectivity index (χ0) is 21.6. The third kappa shape index (κ3) is 6.68. The molecule has 1 amide bonds. The average molecular weight is 413 g/mol. The molecule has 1 aromatic carbocycles. The van der Waals surface area contributed by atoms with E-state index < -0.39 is 55.7 Å². The van der Waals surface area contributed by atoms with Crippen molar-refractivity contribution >= 4 is 23.5 Å². The molecular formula is C18H23NO10. The fraction of sp³-hybridized carbons (Fsp3) is 0.500. The van der Waals surface area contributed by atoms with Crippen LogP contribution >= 0.6 is 0 Å². The van der Waals surface area contributed by atoms with Gasteiger partial charge in [-0.15, -0.1) is 0 Å². The number of carbonyl (C=O) groups is 3. The van der Waals surface area contributed by atoms with Gasteiger partial charge >= 0.3 is 11.9 Å². The van der Waals surface area contributed by atoms with Crippen molar-refractivity contribution in [3.05, 3.63) is 24.3 Å². The van der Waals surface area contributed by atoms with E-state index in [1.807, 2.05) is 0 Å². The van der Waals surface area contributed by atoms with Gasteiger partial charge < -0.3 is 40.0 Å². The van der Waals surface area contributed by atoms with Gasteiger partial charge in [0.2, 0.25) is 12.2 Å². The van der Waals surface area contributed by atoms with Gasteiger partial charge in [0.1, 0.15) is 36.8 Å². The van der Waals surface area contributed by atoms with Crippen molar-refractivity contribution in [2.24, 2.45) is 0 Å². The highest BCUT2D eigenvalue weighted by Crippen LogP contribution is 2.25. The van der Waals surface area contributed by atoms with E-state index in [1.54, 1.807) is 12.1 Å². The van der Waals surface area contributed by atoms with Crippen LogP contribution in [0, 0.1) is 0 Å². The first-order valence-corrected chi connectivity index (χ1v) is 8.78. The van der Waals surface area contributed by atoms with Crippen LogP contribution in [0.25, 0.3) is 0 Å². The van der Waals surface area contributed by atoms with Gasteiger partial charge in [0, 0.05) is 12.6 Å². The summed E-state index contributed by atoms with van der Waals surface area (Å²) in [4.78, 5) is 33.0. The highest BCUT2D eigenvalue weighted by atomic mass is 16.7. The maximum absolute atomic E-state index is 11.5. The van der Waals surface area contributed by atoms with Crippen LogP contribution < -0.4 is 10.1 Å². The lowest BCUT2D eigenvalue weighted by molar-refractivity contribution is -0.278. The molecule has 0 radical (unpaired) electrons. The van der Waals surface area contributed by atoms with E-state index in [4.69, 9.17) is 19.3 Å². The molecule has 0 bridgehead atoms. The third-order valence-corrected chi connectivity index (χ3v) is 4.05. The Morgan fingerprint density at radius 2 is 1.69 bits per heavy atom. The quantitative estimate of drug-likeness (QED) is 0.341. The Bertz CT molecular complexity index is 722. The number of carboxylic acids is 1. The molecule has 0 aromatic heterocycles. The summed E-state index contributed by atoms with van der Waals surface area (Å²) in [5.74, 6) is -1.96. The van der Waals surface area contributed by atoms with Crippen LogP contribution in [0.15, 0.2) is 24.3 Å². The minimum absolute atomic E-state index is 0.248. The largest absolute Gasteiger partial charge is 0.481 e. The number of ether oxygens (including phenoxy) is 3. The summed E-state index contributed by atoms with van der Waals surface area (Å²) in [6.07, 6.45) is -8.11. The Morgan fingerprint density at radius 3 is 2.28 bits per heavy atom. The van der Waals surface area contributed by atoms with Crippen molar-refractivity contribution < 1.29 is 49.0 Å². The van der Waals surface area contributed by atoms with Crippen LogP contribution in [0.4, 0.5) is 5.69 Å². The number of rotatable bonds is 8. The summed E-state index contributed by atoms with van der Waals surface area (Å²) in [6.45, 7) is 0.892. The maximum Gasteiger partial charge on any atom is 0.306 e. The fourth-order valence-electron chi connectivity index (χ4n) is 2.56. The van der Waals surface area contributed by atoms with Crippen molar-refractivity contribution in [1.82, 2.24) is 0 Å². The van der Waals surface area contributed by atoms with Gasteiger partial charge in [-0.05, 0) is 24.3 Å². The molecule has 11 nitrogen and oxygen atoms in total. The van der Waals surface area contributed by atoms with Crippen molar-refractivity contribution in [2.45, 2.75) is 50.5 Å². The normalized spacial score (nSPS) is 26.4. The molecule has 160 valence electrons. The number of aliphatic hydroxyl groups is 3. The molecule has 1 saturated heterocycles. The molecule has 1 aromatic rings. The molecule has 0 unspecified atom stereocenters. The highest BCUT2D eigenvalue weighted by Gasteiger charge is 2.45. The van der Waals surface area contributed by atoms with E-state index in [2.05, 4.69) is 5.32 Å². The molecule has 29 heavy (non-hydrogen) atoms. The topological polar surface area (TPSA) is 172 Å². The van der Waals surface area contributed by atoms with Gasteiger partial charge in [0.15, 0.2) is 0 Å². The van der Waals surface area contributed by atoms with Gasteiger partial charge in [-0.1, -0.05) is 0 Å². The number of benzene rings is 1. The van der Waals surface area contributed by atoms with E-state index >= 15 is 0 Å². The zero-order valence-corrected chi connectivity index (χ0v) is 15.6. The molecule has 1 fully saturated rings. The second kappa shape index (κ2) is 10.2. The molecule has 0 spiro atoms. The molecule has 0 aliphatic carbocycles. The number of hydrogen-bond donors (Lipinski definition) is 5. The zero-order valence-electron chi connectivity index (χ0n) is 15.6. The second-order valence-electron chi connectivity index (χ2n) is 6.41. The average Bonchev–Trinajstić information content (AvgIpc) is 2.66. The van der Waals surface area contributed by atoms with Crippen molar-refractivity contribution in [2.75, 3.05) is 11.9 Å². The Morgan fingerprint density at radius 1 is 1.03 bits per heavy atom. The maximum atomic E-state index is 11.5. The Kier molecular flexibility index (Phi) is 7.91. The molecule has 5 N–H and O–H groups in total. The summed E-state index contributed by atoms with van der Waals surface area (Å²) in [5.41, 5.74) is 0.525. The molecule has 2 rings (SSSR count). The monoisotopic (exact) mass is 413 g/mol. The number of nitrogens with one attached hydrogen (secondary N) is 1. The number of aliphatic carboxylic acids is 1. The summed E-state index contributed by atoms with van der Waals surface area (Å²) in [5, 5.41) is 41.3. The molecule has 11 heteroatoms. The minimum atomic E-state index is -1.63. The first kappa shape index (κ1) is 22.6. The van der Waals surface area contributed by atoms with Gasteiger partial charge in [0.05, 0.1) is 12.8 Å². The number of hydrogen-bond acceptors (Lipinski definition) is 9. The molecule has 1 aliphatic heterocycles. The number of carbonyl (C=O) groups excluding carboxylic acids is 2. The van der Waals surface area contributed by atoms with E-state index in [9.17, 15) is 29.7 Å². The van der Waals surface area contributed by atoms with Gasteiger partial charge in [-0.25, -0.2) is 0 Å². The number of esters is 1. The first-order chi connectivity index (χ1) is 13.7. The summed E-state index contributed by atoms with van der Waals surface area (Å²) in [7, 11) is 0. The van der Waals surface area contributed by atoms with Crippen molar-refractivity contribution in [3.8, 4) is 5.75 Å². The predicted molar refractivity (Wildman–Crippen MR) is 95.9 cm³/mol. The van der Waals surface area contributed by atoms with Gasteiger partial charge in [0.25, 0.3) is 0 Å². The number of amides is 1. The van der Waals surface area contributed by atoms with Gasteiger partial charge in [-0.3, -0.25) is 14.4 Å². The SMILES string of the molecule is CC(=O)Nc1ccc(O[C@H]2O[C@H](COC(=O)CCC(=O)O)[C@@H](O)[C@H](O)[C@@H]2O)cc1. The lowest BCUT2D eigenvalue weighted by atomic mass is 9.99.